The predicted octanol–water partition coefficient (Wildman–Crippen LogP) is 3.99. The summed E-state index contributed by atoms with van der Waals surface area (Å²) in [5.74, 6) is 0.970. The maximum Gasteiger partial charge on any atom is 0.242 e. The van der Waals surface area contributed by atoms with Crippen LogP contribution in [0, 0.1) is 12.8 Å². The normalized spacial score (nSPS) is 17.9. The van der Waals surface area contributed by atoms with E-state index in [1.807, 2.05) is 36.1 Å². The number of amides is 2. The molecule has 2 amide bonds. The minimum atomic E-state index is -0.145. The first-order valence-corrected chi connectivity index (χ1v) is 11.4. The van der Waals surface area contributed by atoms with E-state index < -0.39 is 0 Å². The second-order valence-electron chi connectivity index (χ2n) is 8.01. The molecule has 1 saturated carbocycles. The van der Waals surface area contributed by atoms with E-state index in [9.17, 15) is 9.59 Å². The van der Waals surface area contributed by atoms with Crippen LogP contribution in [0.2, 0.25) is 0 Å². The van der Waals surface area contributed by atoms with Gasteiger partial charge in [0.05, 0.1) is 6.04 Å². The Kier molecular flexibility index (Phi) is 6.23. The number of carbonyl (C=O) groups is 2. The van der Waals surface area contributed by atoms with E-state index in [4.69, 9.17) is 4.74 Å². The van der Waals surface area contributed by atoms with Crippen LogP contribution in [0.1, 0.15) is 34.9 Å². The number of thiophene rings is 1. The Morgan fingerprint density at radius 2 is 2.10 bits per heavy atom. The van der Waals surface area contributed by atoms with Crippen molar-refractivity contribution in [2.75, 3.05) is 26.2 Å². The van der Waals surface area contributed by atoms with Crippen LogP contribution in [0.15, 0.2) is 48.4 Å². The molecule has 0 saturated heterocycles. The Morgan fingerprint density at radius 1 is 1.30 bits per heavy atom. The molecule has 1 fully saturated rings. The molecule has 1 aromatic heterocycles. The summed E-state index contributed by atoms with van der Waals surface area (Å²) in [4.78, 5) is 30.7. The Balaban J connectivity index is 1.51. The van der Waals surface area contributed by atoms with Crippen LogP contribution in [0.3, 0.4) is 0 Å². The van der Waals surface area contributed by atoms with Gasteiger partial charge in [-0.1, -0.05) is 24.3 Å². The summed E-state index contributed by atoms with van der Waals surface area (Å²) >= 11 is 1.74. The third-order valence-corrected chi connectivity index (χ3v) is 6.82. The molecule has 0 radical (unpaired) electrons. The van der Waals surface area contributed by atoms with E-state index in [0.29, 0.717) is 19.7 Å². The summed E-state index contributed by atoms with van der Waals surface area (Å²) in [6.45, 7) is 7.33. The van der Waals surface area contributed by atoms with E-state index in [2.05, 4.69) is 18.0 Å². The van der Waals surface area contributed by atoms with Gasteiger partial charge in [-0.3, -0.25) is 9.59 Å². The van der Waals surface area contributed by atoms with Gasteiger partial charge in [-0.05, 0) is 54.8 Å². The monoisotopic (exact) mass is 424 g/mol. The van der Waals surface area contributed by atoms with Crippen LogP contribution < -0.4 is 4.74 Å². The zero-order valence-electron chi connectivity index (χ0n) is 17.4. The molecule has 1 aliphatic heterocycles. The topological polar surface area (TPSA) is 49.9 Å². The van der Waals surface area contributed by atoms with E-state index in [1.165, 1.54) is 4.88 Å². The Hall–Kier alpha value is -2.60. The molecule has 30 heavy (non-hydrogen) atoms. The van der Waals surface area contributed by atoms with Gasteiger partial charge in [0.25, 0.3) is 0 Å². The average molecular weight is 425 g/mol. The van der Waals surface area contributed by atoms with Crippen molar-refractivity contribution in [3.8, 4) is 5.75 Å². The van der Waals surface area contributed by atoms with Crippen molar-refractivity contribution in [3.05, 3.63) is 64.4 Å². The lowest BCUT2D eigenvalue weighted by Gasteiger charge is -2.37. The predicted molar refractivity (Wildman–Crippen MR) is 119 cm³/mol. The van der Waals surface area contributed by atoms with Gasteiger partial charge in [-0.15, -0.1) is 17.9 Å². The van der Waals surface area contributed by atoms with Crippen LogP contribution in [-0.4, -0.2) is 47.9 Å². The smallest absolute Gasteiger partial charge is 0.242 e. The zero-order chi connectivity index (χ0) is 21.1. The molecule has 1 atom stereocenters. The van der Waals surface area contributed by atoms with Crippen LogP contribution in [-0.2, 0) is 16.0 Å². The number of hydrogen-bond donors (Lipinski definition) is 0. The lowest BCUT2D eigenvalue weighted by Crippen LogP contribution is -2.48. The van der Waals surface area contributed by atoms with Crippen LogP contribution in [0.25, 0.3) is 0 Å². The van der Waals surface area contributed by atoms with Crippen LogP contribution in [0.5, 0.6) is 5.75 Å². The van der Waals surface area contributed by atoms with E-state index in [0.717, 1.165) is 36.1 Å². The minimum Gasteiger partial charge on any atom is -0.491 e. The molecule has 2 aromatic rings. The second kappa shape index (κ2) is 9.04. The van der Waals surface area contributed by atoms with E-state index in [1.54, 1.807) is 22.3 Å². The van der Waals surface area contributed by atoms with Gasteiger partial charge < -0.3 is 14.5 Å². The van der Waals surface area contributed by atoms with Crippen LogP contribution >= 0.6 is 11.3 Å². The fourth-order valence-corrected chi connectivity index (χ4v) is 4.92. The van der Waals surface area contributed by atoms with Gasteiger partial charge >= 0.3 is 0 Å². The summed E-state index contributed by atoms with van der Waals surface area (Å²) in [6.07, 6.45) is 4.39. The van der Waals surface area contributed by atoms with Gasteiger partial charge in [0.1, 0.15) is 18.9 Å². The number of benzene rings is 1. The van der Waals surface area contributed by atoms with Gasteiger partial charge in [0.15, 0.2) is 0 Å². The SMILES string of the molecule is C=CCN(CC(=O)N1CCc2sccc2[C@@H]1COc1ccccc1C)C(=O)C1CC1. The van der Waals surface area contributed by atoms with Gasteiger partial charge in [-0.25, -0.2) is 0 Å². The number of ether oxygens (including phenoxy) is 1. The standard InChI is InChI=1S/C24H28N2O3S/c1-3-12-25(24(28)18-8-9-18)15-23(27)26-13-10-22-19(11-14-30-22)20(26)16-29-21-7-5-4-6-17(21)2/h3-7,11,14,18,20H,1,8-10,12-13,15-16H2,2H3/t20-/m0/s1. The minimum absolute atomic E-state index is 0.0268. The number of fused-ring (bicyclic) bond motifs is 1. The third-order valence-electron chi connectivity index (χ3n) is 5.82. The first-order chi connectivity index (χ1) is 14.6. The summed E-state index contributed by atoms with van der Waals surface area (Å²) in [7, 11) is 0. The fraction of sp³-hybridized carbons (Fsp3) is 0.417. The molecule has 0 unspecified atom stereocenters. The summed E-state index contributed by atoms with van der Waals surface area (Å²) in [5, 5.41) is 2.08. The highest BCUT2D eigenvalue weighted by molar-refractivity contribution is 7.10. The third kappa shape index (κ3) is 4.43. The lowest BCUT2D eigenvalue weighted by atomic mass is 10.00. The summed E-state index contributed by atoms with van der Waals surface area (Å²) < 4.78 is 6.15. The molecule has 2 aliphatic rings. The quantitative estimate of drug-likeness (QED) is 0.602. The number of para-hydroxylation sites is 1. The molecule has 4 rings (SSSR count). The van der Waals surface area contributed by atoms with Crippen molar-refractivity contribution in [2.45, 2.75) is 32.2 Å². The molecule has 6 heteroatoms. The number of aryl methyl sites for hydroxylation is 1. The molecule has 2 heterocycles. The molecule has 5 nitrogen and oxygen atoms in total. The Labute approximate surface area is 181 Å². The molecule has 158 valence electrons. The van der Waals surface area contributed by atoms with Crippen molar-refractivity contribution in [1.29, 1.82) is 0 Å². The molecule has 0 bridgehead atoms. The molecular weight excluding hydrogens is 396 g/mol. The Bertz CT molecular complexity index is 934. The van der Waals surface area contributed by atoms with Crippen molar-refractivity contribution < 1.29 is 14.3 Å². The highest BCUT2D eigenvalue weighted by Crippen LogP contribution is 2.35. The van der Waals surface area contributed by atoms with Gasteiger partial charge in [-0.2, -0.15) is 0 Å². The van der Waals surface area contributed by atoms with E-state index >= 15 is 0 Å². The molecule has 0 N–H and O–H groups in total. The molecule has 0 spiro atoms. The highest BCUT2D eigenvalue weighted by Gasteiger charge is 2.36. The largest absolute Gasteiger partial charge is 0.491 e. The van der Waals surface area contributed by atoms with E-state index in [-0.39, 0.29) is 30.3 Å². The van der Waals surface area contributed by atoms with Gasteiger partial charge in [0.2, 0.25) is 11.8 Å². The van der Waals surface area contributed by atoms with Crippen molar-refractivity contribution >= 4 is 23.2 Å². The van der Waals surface area contributed by atoms with Crippen molar-refractivity contribution in [1.82, 2.24) is 9.80 Å². The number of hydrogen-bond acceptors (Lipinski definition) is 4. The number of rotatable bonds is 8. The molecule has 1 aromatic carbocycles. The number of carbonyl (C=O) groups excluding carboxylic acids is 2. The Morgan fingerprint density at radius 3 is 2.83 bits per heavy atom. The lowest BCUT2D eigenvalue weighted by molar-refractivity contribution is -0.142. The van der Waals surface area contributed by atoms with Crippen LogP contribution in [0.4, 0.5) is 0 Å². The average Bonchev–Trinajstić information content (AvgIpc) is 3.48. The van der Waals surface area contributed by atoms with Crippen molar-refractivity contribution in [2.24, 2.45) is 5.92 Å². The number of nitrogens with zero attached hydrogens (tertiary/aromatic N) is 2. The van der Waals surface area contributed by atoms with Gasteiger partial charge in [0, 0.05) is 23.9 Å². The summed E-state index contributed by atoms with van der Waals surface area (Å²) in [6, 6.07) is 9.88. The molecule has 1 aliphatic carbocycles. The highest BCUT2D eigenvalue weighted by atomic mass is 32.1. The maximum absolute atomic E-state index is 13.3. The fourth-order valence-electron chi connectivity index (χ4n) is 3.99. The second-order valence-corrected chi connectivity index (χ2v) is 9.01. The molecular formula is C24H28N2O3S. The van der Waals surface area contributed by atoms with Crippen molar-refractivity contribution in [3.63, 3.8) is 0 Å². The zero-order valence-corrected chi connectivity index (χ0v) is 18.2. The summed E-state index contributed by atoms with van der Waals surface area (Å²) in [5.41, 5.74) is 2.24. The first kappa shape index (κ1) is 20.7. The first-order valence-electron chi connectivity index (χ1n) is 10.5. The maximum atomic E-state index is 13.3.